The molecule has 10 heteroatoms. The highest BCUT2D eigenvalue weighted by atomic mass is 32.1. The van der Waals surface area contributed by atoms with E-state index >= 15 is 0 Å². The lowest BCUT2D eigenvalue weighted by Gasteiger charge is -2.06. The molecule has 29 heavy (non-hydrogen) atoms. The lowest BCUT2D eigenvalue weighted by molar-refractivity contribution is -0.138. The van der Waals surface area contributed by atoms with E-state index in [-0.39, 0.29) is 34.4 Å². The van der Waals surface area contributed by atoms with Gasteiger partial charge in [-0.05, 0) is 23.8 Å². The first-order chi connectivity index (χ1) is 13.9. The number of carbonyl (C=O) groups is 3. The van der Waals surface area contributed by atoms with E-state index in [1.807, 2.05) is 0 Å². The molecular formula is C19H17NO8S. The van der Waals surface area contributed by atoms with Gasteiger partial charge in [0.15, 0.2) is 11.5 Å². The van der Waals surface area contributed by atoms with Crippen molar-refractivity contribution in [2.45, 2.75) is 6.61 Å². The van der Waals surface area contributed by atoms with Crippen molar-refractivity contribution in [2.24, 2.45) is 0 Å². The first-order valence-corrected chi connectivity index (χ1v) is 9.08. The highest BCUT2D eigenvalue weighted by Gasteiger charge is 2.27. The van der Waals surface area contributed by atoms with Gasteiger partial charge < -0.3 is 29.4 Å². The maximum Gasteiger partial charge on any atom is 0.348 e. The molecule has 0 fully saturated rings. The van der Waals surface area contributed by atoms with Crippen molar-refractivity contribution in [1.29, 1.82) is 0 Å². The van der Waals surface area contributed by atoms with Gasteiger partial charge in [-0.25, -0.2) is 14.4 Å². The number of fused-ring (bicyclic) bond motifs is 1. The van der Waals surface area contributed by atoms with Gasteiger partial charge in [-0.15, -0.1) is 11.3 Å². The largest absolute Gasteiger partial charge is 0.465 e. The topological polar surface area (TPSA) is 123 Å². The molecule has 2 aromatic rings. The Balaban J connectivity index is 1.74. The van der Waals surface area contributed by atoms with Crippen LogP contribution in [0.3, 0.4) is 0 Å². The van der Waals surface area contributed by atoms with E-state index in [1.165, 1.54) is 26.4 Å². The molecule has 2 N–H and O–H groups in total. The number of thiophene rings is 1. The minimum Gasteiger partial charge on any atom is -0.465 e. The molecular weight excluding hydrogens is 402 g/mol. The second-order valence-corrected chi connectivity index (χ2v) is 6.74. The van der Waals surface area contributed by atoms with Crippen LogP contribution >= 0.6 is 11.3 Å². The van der Waals surface area contributed by atoms with Crippen LogP contribution in [0.15, 0.2) is 24.3 Å². The standard InChI is InChI=1S/C19H17NO8S/c1-24-18(22)15-11(16(19(23)25-2)29-17(15)20)8-26-14(21)6-4-10-3-5-12-13(7-10)28-9-27-12/h3-7H,8-9,20H2,1-2H3/b6-4+. The summed E-state index contributed by atoms with van der Waals surface area (Å²) in [5.74, 6) is -0.904. The number of benzene rings is 1. The Labute approximate surface area is 169 Å². The van der Waals surface area contributed by atoms with Crippen molar-refractivity contribution in [3.05, 3.63) is 45.8 Å². The van der Waals surface area contributed by atoms with Gasteiger partial charge in [0.25, 0.3) is 0 Å². The molecule has 0 saturated carbocycles. The number of nitrogens with two attached hydrogens (primary N) is 1. The van der Waals surface area contributed by atoms with Crippen LogP contribution in [0, 0.1) is 0 Å². The second-order valence-electron chi connectivity index (χ2n) is 5.69. The third-order valence-corrected chi connectivity index (χ3v) is 5.00. The molecule has 0 aliphatic carbocycles. The van der Waals surface area contributed by atoms with Crippen LogP contribution < -0.4 is 15.2 Å². The predicted molar refractivity (Wildman–Crippen MR) is 103 cm³/mol. The smallest absolute Gasteiger partial charge is 0.348 e. The van der Waals surface area contributed by atoms with Crippen LogP contribution in [-0.4, -0.2) is 38.9 Å². The van der Waals surface area contributed by atoms with E-state index in [1.54, 1.807) is 18.2 Å². The molecule has 0 spiro atoms. The molecule has 0 saturated heterocycles. The van der Waals surface area contributed by atoms with E-state index in [9.17, 15) is 14.4 Å². The average Bonchev–Trinajstić information content (AvgIpc) is 3.32. The molecule has 9 nitrogen and oxygen atoms in total. The lowest BCUT2D eigenvalue weighted by atomic mass is 10.1. The van der Waals surface area contributed by atoms with Crippen molar-refractivity contribution >= 4 is 40.3 Å². The van der Waals surface area contributed by atoms with Crippen LogP contribution in [0.5, 0.6) is 11.5 Å². The highest BCUT2D eigenvalue weighted by Crippen LogP contribution is 2.34. The Bertz CT molecular complexity index is 994. The molecule has 0 bridgehead atoms. The normalized spacial score (nSPS) is 12.1. The molecule has 1 aromatic heterocycles. The quantitative estimate of drug-likeness (QED) is 0.427. The Morgan fingerprint density at radius 2 is 1.86 bits per heavy atom. The summed E-state index contributed by atoms with van der Waals surface area (Å²) < 4.78 is 25.1. The fraction of sp³-hybridized carbons (Fsp3) is 0.211. The summed E-state index contributed by atoms with van der Waals surface area (Å²) >= 11 is 0.858. The zero-order chi connectivity index (χ0) is 21.0. The Kier molecular flexibility index (Phi) is 6.03. The molecule has 0 unspecified atom stereocenters. The molecule has 1 aromatic carbocycles. The third kappa shape index (κ3) is 4.32. The van der Waals surface area contributed by atoms with Crippen LogP contribution in [0.25, 0.3) is 6.08 Å². The average molecular weight is 419 g/mol. The number of esters is 3. The van der Waals surface area contributed by atoms with E-state index in [2.05, 4.69) is 0 Å². The summed E-state index contributed by atoms with van der Waals surface area (Å²) in [6.07, 6.45) is 2.75. The van der Waals surface area contributed by atoms with Gasteiger partial charge in [-0.1, -0.05) is 6.07 Å². The maximum absolute atomic E-state index is 12.1. The second kappa shape index (κ2) is 8.65. The van der Waals surface area contributed by atoms with Crippen LogP contribution in [0.4, 0.5) is 5.00 Å². The molecule has 0 amide bonds. The van der Waals surface area contributed by atoms with Crippen molar-refractivity contribution in [3.63, 3.8) is 0 Å². The maximum atomic E-state index is 12.1. The SMILES string of the molecule is COC(=O)c1sc(N)c(C(=O)OC)c1COC(=O)/C=C/c1ccc2c(c1)OCO2. The van der Waals surface area contributed by atoms with Crippen molar-refractivity contribution < 1.29 is 38.1 Å². The molecule has 3 rings (SSSR count). The van der Waals surface area contributed by atoms with Crippen molar-refractivity contribution in [2.75, 3.05) is 26.7 Å². The number of methoxy groups -OCH3 is 2. The molecule has 2 heterocycles. The number of hydrogen-bond donors (Lipinski definition) is 1. The summed E-state index contributed by atoms with van der Waals surface area (Å²) in [5, 5.41) is 0.0687. The van der Waals surface area contributed by atoms with Gasteiger partial charge in [0, 0.05) is 11.6 Å². The number of rotatable bonds is 6. The van der Waals surface area contributed by atoms with Gasteiger partial charge in [0.1, 0.15) is 22.0 Å². The summed E-state index contributed by atoms with van der Waals surface area (Å²) in [6.45, 7) is -0.202. The minimum atomic E-state index is -0.740. The molecule has 0 radical (unpaired) electrons. The van der Waals surface area contributed by atoms with E-state index in [0.29, 0.717) is 17.1 Å². The van der Waals surface area contributed by atoms with Crippen molar-refractivity contribution in [3.8, 4) is 11.5 Å². The zero-order valence-electron chi connectivity index (χ0n) is 15.6. The first kappa shape index (κ1) is 20.2. The Hall–Kier alpha value is -3.53. The number of ether oxygens (including phenoxy) is 5. The summed E-state index contributed by atoms with van der Waals surface area (Å²) in [4.78, 5) is 36.1. The highest BCUT2D eigenvalue weighted by molar-refractivity contribution is 7.18. The van der Waals surface area contributed by atoms with Gasteiger partial charge in [-0.3, -0.25) is 0 Å². The van der Waals surface area contributed by atoms with Gasteiger partial charge in [-0.2, -0.15) is 0 Å². The molecule has 0 atom stereocenters. The van der Waals surface area contributed by atoms with Crippen molar-refractivity contribution in [1.82, 2.24) is 0 Å². The fourth-order valence-corrected chi connectivity index (χ4v) is 3.56. The van der Waals surface area contributed by atoms with Gasteiger partial charge in [0.05, 0.1) is 14.2 Å². The summed E-state index contributed by atoms with van der Waals surface area (Å²) in [7, 11) is 2.38. The molecule has 1 aliphatic heterocycles. The number of hydrogen-bond acceptors (Lipinski definition) is 10. The van der Waals surface area contributed by atoms with Gasteiger partial charge in [0.2, 0.25) is 6.79 Å². The number of carbonyl (C=O) groups excluding carboxylic acids is 3. The predicted octanol–water partition coefficient (Wildman–Crippen LogP) is 2.39. The van der Waals surface area contributed by atoms with Crippen LogP contribution in [0.2, 0.25) is 0 Å². The Morgan fingerprint density at radius 1 is 1.14 bits per heavy atom. The Morgan fingerprint density at radius 3 is 2.59 bits per heavy atom. The molecule has 1 aliphatic rings. The van der Waals surface area contributed by atoms with Crippen LogP contribution in [-0.2, 0) is 25.6 Å². The summed E-state index contributed by atoms with van der Waals surface area (Å²) in [6, 6.07) is 5.20. The van der Waals surface area contributed by atoms with Crippen LogP contribution in [0.1, 0.15) is 31.2 Å². The molecule has 152 valence electrons. The van der Waals surface area contributed by atoms with E-state index in [0.717, 1.165) is 11.3 Å². The van der Waals surface area contributed by atoms with E-state index in [4.69, 9.17) is 29.4 Å². The zero-order valence-corrected chi connectivity index (χ0v) is 16.4. The number of anilines is 1. The van der Waals surface area contributed by atoms with Gasteiger partial charge >= 0.3 is 17.9 Å². The third-order valence-electron chi connectivity index (χ3n) is 3.96. The number of nitrogen functional groups attached to an aromatic ring is 1. The first-order valence-electron chi connectivity index (χ1n) is 8.26. The van der Waals surface area contributed by atoms with E-state index < -0.39 is 17.9 Å². The summed E-state index contributed by atoms with van der Waals surface area (Å²) in [5.41, 5.74) is 6.65. The lowest BCUT2D eigenvalue weighted by Crippen LogP contribution is -2.11. The monoisotopic (exact) mass is 419 g/mol. The minimum absolute atomic E-state index is 0.0227. The fourth-order valence-electron chi connectivity index (χ4n) is 2.58.